The normalized spacial score (nSPS) is 29.7. The van der Waals surface area contributed by atoms with Gasteiger partial charge in [-0.15, -0.1) is 0 Å². The Balaban J connectivity index is 1.10. The number of fused-ring (bicyclic) bond motifs is 5. The summed E-state index contributed by atoms with van der Waals surface area (Å²) in [7, 11) is 0. The monoisotopic (exact) mass is 440 g/mol. The molecule has 5 heterocycles. The lowest BCUT2D eigenvalue weighted by atomic mass is 9.83. The number of nitrogens with zero attached hydrogens (tertiary/aromatic N) is 3. The first kappa shape index (κ1) is 21.7. The van der Waals surface area contributed by atoms with Crippen LogP contribution in [0.1, 0.15) is 63.0 Å². The number of carbonyl (C=O) groups is 2. The van der Waals surface area contributed by atoms with Crippen molar-refractivity contribution in [2.45, 2.75) is 69.9 Å². The van der Waals surface area contributed by atoms with E-state index in [9.17, 15) is 14.4 Å². The van der Waals surface area contributed by atoms with Crippen LogP contribution in [-0.2, 0) is 16.1 Å². The number of pyridine rings is 1. The molecule has 2 bridgehead atoms. The molecule has 32 heavy (non-hydrogen) atoms. The van der Waals surface area contributed by atoms with Gasteiger partial charge < -0.3 is 19.7 Å². The van der Waals surface area contributed by atoms with Crippen LogP contribution in [0.25, 0.3) is 0 Å². The van der Waals surface area contributed by atoms with Crippen LogP contribution >= 0.6 is 0 Å². The summed E-state index contributed by atoms with van der Waals surface area (Å²) in [5, 5.41) is 3.13. The first-order valence-electron chi connectivity index (χ1n) is 12.6. The molecule has 0 spiro atoms. The van der Waals surface area contributed by atoms with E-state index in [-0.39, 0.29) is 36.1 Å². The highest BCUT2D eigenvalue weighted by molar-refractivity contribution is 5.83. The molecule has 7 heteroatoms. The van der Waals surface area contributed by atoms with Crippen LogP contribution < -0.4 is 10.9 Å². The van der Waals surface area contributed by atoms with E-state index in [0.29, 0.717) is 37.5 Å². The minimum atomic E-state index is 0.000356. The van der Waals surface area contributed by atoms with Crippen molar-refractivity contribution in [2.75, 3.05) is 32.7 Å². The summed E-state index contributed by atoms with van der Waals surface area (Å²) in [6, 6.07) is 6.08. The molecule has 0 radical (unpaired) electrons. The number of likely N-dealkylation sites (tertiary alicyclic amines) is 1. The van der Waals surface area contributed by atoms with E-state index in [1.165, 1.54) is 45.2 Å². The number of amides is 2. The van der Waals surface area contributed by atoms with Gasteiger partial charge in [-0.3, -0.25) is 14.4 Å². The second kappa shape index (κ2) is 9.38. The topological polar surface area (TPSA) is 74.6 Å². The quantitative estimate of drug-likeness (QED) is 0.760. The summed E-state index contributed by atoms with van der Waals surface area (Å²) in [5.74, 6) is 1.16. The van der Waals surface area contributed by atoms with Crippen LogP contribution in [0.15, 0.2) is 23.0 Å². The third-order valence-corrected chi connectivity index (χ3v) is 8.19. The summed E-state index contributed by atoms with van der Waals surface area (Å²) < 4.78 is 1.88. The molecular formula is C25H36N4O3. The molecule has 174 valence electrons. The summed E-state index contributed by atoms with van der Waals surface area (Å²) in [4.78, 5) is 42.1. The summed E-state index contributed by atoms with van der Waals surface area (Å²) in [5.41, 5.74) is 1.11. The maximum Gasteiger partial charge on any atom is 0.250 e. The Kier molecular flexibility index (Phi) is 6.35. The van der Waals surface area contributed by atoms with Gasteiger partial charge in [-0.25, -0.2) is 0 Å². The van der Waals surface area contributed by atoms with Crippen molar-refractivity contribution in [2.24, 2.45) is 11.8 Å². The van der Waals surface area contributed by atoms with E-state index in [1.54, 1.807) is 6.07 Å². The van der Waals surface area contributed by atoms with Crippen molar-refractivity contribution in [3.05, 3.63) is 34.2 Å². The summed E-state index contributed by atoms with van der Waals surface area (Å²) in [6.07, 6.45) is 7.85. The average Bonchev–Trinajstić information content (AvgIpc) is 2.81. The zero-order valence-electron chi connectivity index (χ0n) is 19.0. The molecule has 4 aliphatic heterocycles. The van der Waals surface area contributed by atoms with Crippen molar-refractivity contribution in [3.63, 3.8) is 0 Å². The van der Waals surface area contributed by atoms with Gasteiger partial charge in [-0.05, 0) is 63.1 Å². The van der Waals surface area contributed by atoms with Crippen LogP contribution in [0.3, 0.4) is 0 Å². The Morgan fingerprint density at radius 3 is 2.78 bits per heavy atom. The van der Waals surface area contributed by atoms with Crippen LogP contribution in [0.2, 0.25) is 0 Å². The van der Waals surface area contributed by atoms with E-state index in [2.05, 4.69) is 10.2 Å². The lowest BCUT2D eigenvalue weighted by molar-refractivity contribution is -0.136. The average molecular weight is 441 g/mol. The van der Waals surface area contributed by atoms with Gasteiger partial charge in [0.15, 0.2) is 0 Å². The number of hydrogen-bond acceptors (Lipinski definition) is 4. The van der Waals surface area contributed by atoms with Crippen molar-refractivity contribution >= 4 is 11.8 Å². The largest absolute Gasteiger partial charge is 0.356 e. The van der Waals surface area contributed by atoms with Crippen molar-refractivity contribution in [3.8, 4) is 0 Å². The minimum Gasteiger partial charge on any atom is -0.356 e. The standard InChI is InChI=1S/C25H36N4O3/c30-23(26-14-19-5-4-12-27-11-2-1-6-21(19)27)9-10-24(31)28-15-18-13-20(17-28)22-7-3-8-25(32)29(22)16-18/h3,7-8,18-21H,1-2,4-6,9-17H2,(H,26,30)/t18-,19-,20-,21+/m0/s1. The van der Waals surface area contributed by atoms with Crippen molar-refractivity contribution in [1.82, 2.24) is 19.7 Å². The molecular weight excluding hydrogens is 404 g/mol. The molecule has 4 aliphatic rings. The zero-order chi connectivity index (χ0) is 22.1. The third kappa shape index (κ3) is 4.49. The van der Waals surface area contributed by atoms with Gasteiger partial charge in [0.1, 0.15) is 0 Å². The van der Waals surface area contributed by atoms with Gasteiger partial charge in [-0.1, -0.05) is 12.5 Å². The van der Waals surface area contributed by atoms with E-state index in [1.807, 2.05) is 21.6 Å². The van der Waals surface area contributed by atoms with Gasteiger partial charge >= 0.3 is 0 Å². The molecule has 1 aromatic rings. The van der Waals surface area contributed by atoms with Crippen molar-refractivity contribution in [1.29, 1.82) is 0 Å². The molecule has 2 amide bonds. The third-order valence-electron chi connectivity index (χ3n) is 8.19. The number of aromatic nitrogens is 1. The van der Waals surface area contributed by atoms with Gasteiger partial charge in [0.25, 0.3) is 5.56 Å². The fourth-order valence-electron chi connectivity index (χ4n) is 6.63. The van der Waals surface area contributed by atoms with Gasteiger partial charge in [0.05, 0.1) is 0 Å². The smallest absolute Gasteiger partial charge is 0.250 e. The molecule has 0 aromatic carbocycles. The fraction of sp³-hybridized carbons (Fsp3) is 0.720. The molecule has 7 nitrogen and oxygen atoms in total. The molecule has 0 aliphatic carbocycles. The minimum absolute atomic E-state index is 0.000356. The van der Waals surface area contributed by atoms with E-state index < -0.39 is 0 Å². The highest BCUT2D eigenvalue weighted by atomic mass is 16.2. The molecule has 3 fully saturated rings. The first-order chi connectivity index (χ1) is 15.6. The zero-order valence-corrected chi connectivity index (χ0v) is 19.0. The molecule has 4 atom stereocenters. The number of piperidine rings is 3. The Bertz CT molecular complexity index is 911. The SMILES string of the molecule is O=C(CCC(=O)N1C[C@@H]2C[C@@H](C1)c1cccc(=O)n1C2)NC[C@@H]1CCCN2CCCC[C@H]12. The highest BCUT2D eigenvalue weighted by Gasteiger charge is 2.36. The predicted octanol–water partition coefficient (Wildman–Crippen LogP) is 1.95. The molecule has 0 unspecified atom stereocenters. The van der Waals surface area contributed by atoms with Crippen molar-refractivity contribution < 1.29 is 9.59 Å². The molecule has 0 saturated carbocycles. The second-order valence-corrected chi connectivity index (χ2v) is 10.3. The Labute approximate surface area is 190 Å². The fourth-order valence-corrected chi connectivity index (χ4v) is 6.63. The van der Waals surface area contributed by atoms with E-state index in [0.717, 1.165) is 18.7 Å². The number of carbonyl (C=O) groups excluding carboxylic acids is 2. The maximum absolute atomic E-state index is 12.9. The summed E-state index contributed by atoms with van der Waals surface area (Å²) in [6.45, 7) is 5.20. The van der Waals surface area contributed by atoms with Gasteiger partial charge in [0.2, 0.25) is 11.8 Å². The van der Waals surface area contributed by atoms with Crippen LogP contribution in [-0.4, -0.2) is 64.9 Å². The van der Waals surface area contributed by atoms with Crippen LogP contribution in [0, 0.1) is 11.8 Å². The van der Waals surface area contributed by atoms with Gasteiger partial charge in [-0.2, -0.15) is 0 Å². The lowest BCUT2D eigenvalue weighted by Crippen LogP contribution is -2.51. The molecule has 3 saturated heterocycles. The Morgan fingerprint density at radius 1 is 1.00 bits per heavy atom. The first-order valence-corrected chi connectivity index (χ1v) is 12.6. The highest BCUT2D eigenvalue weighted by Crippen LogP contribution is 2.35. The van der Waals surface area contributed by atoms with E-state index in [4.69, 9.17) is 0 Å². The predicted molar refractivity (Wildman–Crippen MR) is 122 cm³/mol. The maximum atomic E-state index is 12.9. The van der Waals surface area contributed by atoms with Gasteiger partial charge in [0, 0.05) is 62.7 Å². The second-order valence-electron chi connectivity index (χ2n) is 10.3. The molecule has 1 aromatic heterocycles. The van der Waals surface area contributed by atoms with Crippen LogP contribution in [0.5, 0.6) is 0 Å². The molecule has 1 N–H and O–H groups in total. The molecule has 5 rings (SSSR count). The Hall–Kier alpha value is -2.15. The lowest BCUT2D eigenvalue weighted by Gasteiger charge is -2.44. The van der Waals surface area contributed by atoms with E-state index >= 15 is 0 Å². The summed E-state index contributed by atoms with van der Waals surface area (Å²) >= 11 is 0. The number of hydrogen-bond donors (Lipinski definition) is 1. The Morgan fingerprint density at radius 2 is 1.88 bits per heavy atom. The van der Waals surface area contributed by atoms with Crippen LogP contribution in [0.4, 0.5) is 0 Å². The number of nitrogens with one attached hydrogen (secondary N) is 1. The number of rotatable bonds is 5.